The number of hydrogen-bond acceptors (Lipinski definition) is 3. The Morgan fingerprint density at radius 3 is 2.69 bits per heavy atom. The van der Waals surface area contributed by atoms with E-state index in [1.165, 1.54) is 5.56 Å². The molecule has 0 radical (unpaired) electrons. The molecule has 0 bridgehead atoms. The van der Waals surface area contributed by atoms with Gasteiger partial charge in [-0.15, -0.1) is 0 Å². The molecular weight excluding hydrogens is 200 g/mol. The van der Waals surface area contributed by atoms with Crippen molar-refractivity contribution in [3.05, 3.63) is 42.5 Å². The van der Waals surface area contributed by atoms with Crippen LogP contribution in [0.2, 0.25) is 0 Å². The Morgan fingerprint density at radius 1 is 1.31 bits per heavy atom. The Morgan fingerprint density at radius 2 is 2.06 bits per heavy atom. The maximum atomic E-state index is 4.27. The smallest absolute Gasteiger partial charge is 0.0729 e. The van der Waals surface area contributed by atoms with Crippen molar-refractivity contribution in [2.24, 2.45) is 0 Å². The summed E-state index contributed by atoms with van der Waals surface area (Å²) in [4.78, 5) is 3.98. The molecule has 0 unspecified atom stereocenters. The van der Waals surface area contributed by atoms with Gasteiger partial charge in [-0.3, -0.25) is 9.67 Å². The van der Waals surface area contributed by atoms with E-state index in [4.69, 9.17) is 0 Å². The molecule has 0 aromatic carbocycles. The van der Waals surface area contributed by atoms with E-state index < -0.39 is 0 Å². The summed E-state index contributed by atoms with van der Waals surface area (Å²) in [5.41, 5.74) is 2.26. The normalized spacial score (nSPS) is 10.7. The molecule has 2 rings (SSSR count). The van der Waals surface area contributed by atoms with Crippen LogP contribution in [0.25, 0.3) is 0 Å². The largest absolute Gasteiger partial charge is 0.378 e. The average Bonchev–Trinajstić information content (AvgIpc) is 2.76. The van der Waals surface area contributed by atoms with E-state index in [1.807, 2.05) is 29.2 Å². The van der Waals surface area contributed by atoms with Crippen LogP contribution in [-0.4, -0.2) is 14.8 Å². The van der Waals surface area contributed by atoms with Gasteiger partial charge in [0.15, 0.2) is 0 Å². The number of pyridine rings is 1. The highest BCUT2D eigenvalue weighted by Crippen LogP contribution is 2.11. The van der Waals surface area contributed by atoms with Gasteiger partial charge < -0.3 is 5.32 Å². The first kappa shape index (κ1) is 10.7. The Hall–Kier alpha value is -1.84. The Kier molecular flexibility index (Phi) is 3.19. The van der Waals surface area contributed by atoms with Crippen molar-refractivity contribution >= 4 is 5.69 Å². The summed E-state index contributed by atoms with van der Waals surface area (Å²) in [6, 6.07) is 4.40. The number of anilines is 1. The monoisotopic (exact) mass is 216 g/mol. The zero-order chi connectivity index (χ0) is 11.4. The minimum absolute atomic E-state index is 0.400. The van der Waals surface area contributed by atoms with Gasteiger partial charge in [0.05, 0.1) is 11.9 Å². The number of rotatable bonds is 4. The van der Waals surface area contributed by atoms with Crippen LogP contribution < -0.4 is 5.32 Å². The minimum Gasteiger partial charge on any atom is -0.378 e. The Labute approximate surface area is 95.3 Å². The molecule has 2 heterocycles. The van der Waals surface area contributed by atoms with Crippen LogP contribution in [0.4, 0.5) is 5.69 Å². The van der Waals surface area contributed by atoms with Crippen molar-refractivity contribution in [2.75, 3.05) is 5.32 Å². The summed E-state index contributed by atoms with van der Waals surface area (Å²) in [6.07, 6.45) is 7.47. The second kappa shape index (κ2) is 4.79. The highest BCUT2D eigenvalue weighted by Gasteiger charge is 2.00. The van der Waals surface area contributed by atoms with Crippen LogP contribution in [-0.2, 0) is 6.54 Å². The molecule has 0 spiro atoms. The predicted octanol–water partition coefficient (Wildman–Crippen LogP) is 2.47. The highest BCUT2D eigenvalue weighted by molar-refractivity contribution is 5.39. The van der Waals surface area contributed by atoms with Gasteiger partial charge in [-0.25, -0.2) is 0 Å². The minimum atomic E-state index is 0.400. The second-order valence-electron chi connectivity index (χ2n) is 4.01. The summed E-state index contributed by atoms with van der Waals surface area (Å²) >= 11 is 0. The van der Waals surface area contributed by atoms with Crippen molar-refractivity contribution in [2.45, 2.75) is 26.4 Å². The summed E-state index contributed by atoms with van der Waals surface area (Å²) in [6.45, 7) is 5.02. The molecule has 16 heavy (non-hydrogen) atoms. The molecule has 0 aliphatic rings. The molecule has 0 saturated heterocycles. The summed E-state index contributed by atoms with van der Waals surface area (Å²) in [7, 11) is 0. The van der Waals surface area contributed by atoms with Crippen molar-refractivity contribution in [1.82, 2.24) is 14.8 Å². The number of nitrogens with one attached hydrogen (secondary N) is 1. The fraction of sp³-hybridized carbons (Fsp3) is 0.333. The lowest BCUT2D eigenvalue weighted by molar-refractivity contribution is 0.532. The number of nitrogens with zero attached hydrogens (tertiary/aromatic N) is 3. The van der Waals surface area contributed by atoms with E-state index in [2.05, 4.69) is 29.2 Å². The van der Waals surface area contributed by atoms with E-state index in [0.717, 1.165) is 12.2 Å². The summed E-state index contributed by atoms with van der Waals surface area (Å²) < 4.78 is 1.94. The van der Waals surface area contributed by atoms with Crippen LogP contribution in [0, 0.1) is 0 Å². The topological polar surface area (TPSA) is 42.7 Å². The van der Waals surface area contributed by atoms with Crippen LogP contribution in [0.3, 0.4) is 0 Å². The van der Waals surface area contributed by atoms with Crippen molar-refractivity contribution in [3.8, 4) is 0 Å². The maximum Gasteiger partial charge on any atom is 0.0729 e. The molecule has 0 atom stereocenters. The fourth-order valence-electron chi connectivity index (χ4n) is 1.42. The highest BCUT2D eigenvalue weighted by atomic mass is 15.3. The third kappa shape index (κ3) is 2.59. The molecule has 2 aromatic rings. The van der Waals surface area contributed by atoms with Crippen LogP contribution >= 0.6 is 0 Å². The SMILES string of the molecule is CC(C)n1cc(NCc2ccncc2)cn1. The zero-order valence-electron chi connectivity index (χ0n) is 9.59. The standard InChI is InChI=1S/C12H16N4/c1-10(2)16-9-12(8-15-16)14-7-11-3-5-13-6-4-11/h3-6,8-10,14H,7H2,1-2H3. The summed E-state index contributed by atoms with van der Waals surface area (Å²) in [5.74, 6) is 0. The molecule has 1 N–H and O–H groups in total. The Bertz CT molecular complexity index is 433. The Balaban J connectivity index is 1.95. The molecule has 0 aliphatic heterocycles. The third-order valence-corrected chi connectivity index (χ3v) is 2.38. The molecule has 0 fully saturated rings. The second-order valence-corrected chi connectivity index (χ2v) is 4.01. The predicted molar refractivity (Wildman–Crippen MR) is 64.2 cm³/mol. The van der Waals surface area contributed by atoms with Crippen LogP contribution in [0.5, 0.6) is 0 Å². The van der Waals surface area contributed by atoms with Crippen LogP contribution in [0.1, 0.15) is 25.5 Å². The van der Waals surface area contributed by atoms with Gasteiger partial charge in [-0.2, -0.15) is 5.10 Å². The molecule has 84 valence electrons. The lowest BCUT2D eigenvalue weighted by Crippen LogP contribution is -2.01. The molecule has 4 heteroatoms. The third-order valence-electron chi connectivity index (χ3n) is 2.38. The summed E-state index contributed by atoms with van der Waals surface area (Å²) in [5, 5.41) is 7.59. The molecule has 0 aliphatic carbocycles. The van der Waals surface area contributed by atoms with Gasteiger partial charge >= 0.3 is 0 Å². The van der Waals surface area contributed by atoms with E-state index in [-0.39, 0.29) is 0 Å². The lowest BCUT2D eigenvalue weighted by Gasteiger charge is -2.04. The van der Waals surface area contributed by atoms with Gasteiger partial charge in [0.25, 0.3) is 0 Å². The fourth-order valence-corrected chi connectivity index (χ4v) is 1.42. The van der Waals surface area contributed by atoms with E-state index in [9.17, 15) is 0 Å². The van der Waals surface area contributed by atoms with Gasteiger partial charge in [0.2, 0.25) is 0 Å². The van der Waals surface area contributed by atoms with E-state index in [1.54, 1.807) is 12.4 Å². The van der Waals surface area contributed by atoms with Crippen molar-refractivity contribution in [1.29, 1.82) is 0 Å². The molecule has 0 saturated carbocycles. The molecular formula is C12H16N4. The van der Waals surface area contributed by atoms with Gasteiger partial charge in [-0.05, 0) is 31.5 Å². The van der Waals surface area contributed by atoms with Crippen molar-refractivity contribution < 1.29 is 0 Å². The van der Waals surface area contributed by atoms with Crippen LogP contribution in [0.15, 0.2) is 36.9 Å². The average molecular weight is 216 g/mol. The van der Waals surface area contributed by atoms with Gasteiger partial charge in [0.1, 0.15) is 0 Å². The first-order valence-electron chi connectivity index (χ1n) is 5.42. The quantitative estimate of drug-likeness (QED) is 0.853. The molecule has 2 aromatic heterocycles. The molecule has 4 nitrogen and oxygen atoms in total. The first-order valence-corrected chi connectivity index (χ1v) is 5.42. The van der Waals surface area contributed by atoms with E-state index in [0.29, 0.717) is 6.04 Å². The van der Waals surface area contributed by atoms with Crippen molar-refractivity contribution in [3.63, 3.8) is 0 Å². The first-order chi connectivity index (χ1) is 7.75. The zero-order valence-corrected chi connectivity index (χ0v) is 9.59. The lowest BCUT2D eigenvalue weighted by atomic mass is 10.3. The maximum absolute atomic E-state index is 4.27. The number of aromatic nitrogens is 3. The van der Waals surface area contributed by atoms with E-state index >= 15 is 0 Å². The van der Waals surface area contributed by atoms with Gasteiger partial charge in [0, 0.05) is 31.2 Å². The van der Waals surface area contributed by atoms with Gasteiger partial charge in [-0.1, -0.05) is 0 Å². The number of hydrogen-bond donors (Lipinski definition) is 1. The molecule has 0 amide bonds.